The summed E-state index contributed by atoms with van der Waals surface area (Å²) in [6, 6.07) is 2.04. The third-order valence-corrected chi connectivity index (χ3v) is 4.78. The largest absolute Gasteiger partial charge is 0.392 e. The minimum atomic E-state index is -4.33. The second kappa shape index (κ2) is 8.75. The van der Waals surface area contributed by atoms with Gasteiger partial charge in [-0.2, -0.15) is 13.2 Å². The number of nitrogens with one attached hydrogen (secondary N) is 2. The Balaban J connectivity index is 1.81. The van der Waals surface area contributed by atoms with Crippen molar-refractivity contribution in [1.29, 1.82) is 0 Å². The standard InChI is InChI=1S/C18H28F3N5O/c1-11(18(19,20)21)9-17(27)25-14-7-5-13(6-8-14)24-15-10-16(26(3)4)23-12(2)22-15/h10-11,13-14H,5-9H2,1-4H3,(H,25,27)(H,22,23,24). The maximum Gasteiger partial charge on any atom is 0.392 e. The van der Waals surface area contributed by atoms with E-state index in [1.165, 1.54) is 0 Å². The van der Waals surface area contributed by atoms with E-state index in [1.807, 2.05) is 32.0 Å². The average Bonchev–Trinajstić information content (AvgIpc) is 2.55. The van der Waals surface area contributed by atoms with Crippen LogP contribution in [0.3, 0.4) is 0 Å². The summed E-state index contributed by atoms with van der Waals surface area (Å²) in [6.45, 7) is 2.87. The molecule has 1 atom stereocenters. The molecular formula is C18H28F3N5O. The molecule has 9 heteroatoms. The van der Waals surface area contributed by atoms with E-state index in [1.54, 1.807) is 0 Å². The molecular weight excluding hydrogens is 359 g/mol. The Bertz CT molecular complexity index is 642. The number of nitrogens with zero attached hydrogens (tertiary/aromatic N) is 3. The monoisotopic (exact) mass is 387 g/mol. The van der Waals surface area contributed by atoms with E-state index in [0.717, 1.165) is 44.2 Å². The Kier molecular flexibility index (Phi) is 6.89. The first-order valence-electron chi connectivity index (χ1n) is 9.20. The van der Waals surface area contributed by atoms with Gasteiger partial charge in [0, 0.05) is 38.7 Å². The molecule has 1 aliphatic carbocycles. The van der Waals surface area contributed by atoms with Crippen LogP contribution in [0.1, 0.15) is 44.9 Å². The minimum absolute atomic E-state index is 0.0690. The highest BCUT2D eigenvalue weighted by Gasteiger charge is 2.37. The lowest BCUT2D eigenvalue weighted by molar-refractivity contribution is -0.174. The first kappa shape index (κ1) is 21.2. The van der Waals surface area contributed by atoms with Gasteiger partial charge in [0.25, 0.3) is 0 Å². The van der Waals surface area contributed by atoms with Crippen molar-refractivity contribution >= 4 is 17.5 Å². The van der Waals surface area contributed by atoms with Gasteiger partial charge in [-0.05, 0) is 32.6 Å². The molecule has 0 aliphatic heterocycles. The number of aromatic nitrogens is 2. The molecule has 2 N–H and O–H groups in total. The van der Waals surface area contributed by atoms with Gasteiger partial charge in [0.05, 0.1) is 5.92 Å². The number of alkyl halides is 3. The van der Waals surface area contributed by atoms with Crippen LogP contribution in [0.5, 0.6) is 0 Å². The number of halogens is 3. The van der Waals surface area contributed by atoms with Crippen molar-refractivity contribution < 1.29 is 18.0 Å². The summed E-state index contributed by atoms with van der Waals surface area (Å²) < 4.78 is 37.7. The van der Waals surface area contributed by atoms with Crippen LogP contribution < -0.4 is 15.5 Å². The number of rotatable bonds is 6. The van der Waals surface area contributed by atoms with E-state index in [0.29, 0.717) is 5.82 Å². The van der Waals surface area contributed by atoms with Crippen molar-refractivity contribution in [1.82, 2.24) is 15.3 Å². The van der Waals surface area contributed by atoms with Crippen molar-refractivity contribution in [3.8, 4) is 0 Å². The van der Waals surface area contributed by atoms with Gasteiger partial charge in [-0.25, -0.2) is 9.97 Å². The molecule has 27 heavy (non-hydrogen) atoms. The van der Waals surface area contributed by atoms with Crippen molar-refractivity contribution in [3.05, 3.63) is 11.9 Å². The van der Waals surface area contributed by atoms with Gasteiger partial charge in [-0.3, -0.25) is 4.79 Å². The molecule has 1 fully saturated rings. The fraction of sp³-hybridized carbons (Fsp3) is 0.722. The van der Waals surface area contributed by atoms with Gasteiger partial charge >= 0.3 is 6.18 Å². The molecule has 0 saturated heterocycles. The van der Waals surface area contributed by atoms with E-state index < -0.39 is 24.4 Å². The van der Waals surface area contributed by atoms with E-state index in [-0.39, 0.29) is 12.1 Å². The summed E-state index contributed by atoms with van der Waals surface area (Å²) in [5.41, 5.74) is 0. The van der Waals surface area contributed by atoms with Crippen LogP contribution in [-0.2, 0) is 4.79 Å². The molecule has 0 spiro atoms. The third kappa shape index (κ3) is 6.55. The second-order valence-electron chi connectivity index (χ2n) is 7.46. The van der Waals surface area contributed by atoms with E-state index >= 15 is 0 Å². The van der Waals surface area contributed by atoms with Gasteiger partial charge < -0.3 is 15.5 Å². The summed E-state index contributed by atoms with van der Waals surface area (Å²) in [5, 5.41) is 6.14. The molecule has 1 saturated carbocycles. The highest BCUT2D eigenvalue weighted by Crippen LogP contribution is 2.28. The van der Waals surface area contributed by atoms with Crippen LogP contribution in [0.2, 0.25) is 0 Å². The number of anilines is 2. The first-order chi connectivity index (χ1) is 12.5. The number of hydrogen-bond donors (Lipinski definition) is 2. The molecule has 1 aliphatic rings. The number of amides is 1. The predicted molar refractivity (Wildman–Crippen MR) is 98.7 cm³/mol. The topological polar surface area (TPSA) is 70.2 Å². The summed E-state index contributed by atoms with van der Waals surface area (Å²) in [7, 11) is 3.83. The normalized spacial score (nSPS) is 21.4. The lowest BCUT2D eigenvalue weighted by Gasteiger charge is -2.30. The van der Waals surface area contributed by atoms with Crippen molar-refractivity contribution in [2.75, 3.05) is 24.3 Å². The summed E-state index contributed by atoms with van der Waals surface area (Å²) in [5.74, 6) is 0.117. The Morgan fingerprint density at radius 2 is 1.81 bits per heavy atom. The summed E-state index contributed by atoms with van der Waals surface area (Å²) in [4.78, 5) is 22.5. The maximum atomic E-state index is 12.6. The molecule has 1 heterocycles. The van der Waals surface area contributed by atoms with Gasteiger partial charge in [-0.1, -0.05) is 6.92 Å². The zero-order valence-corrected chi connectivity index (χ0v) is 16.2. The fourth-order valence-electron chi connectivity index (χ4n) is 3.13. The molecule has 1 amide bonds. The molecule has 152 valence electrons. The molecule has 6 nitrogen and oxygen atoms in total. The van der Waals surface area contributed by atoms with Gasteiger partial charge in [0.15, 0.2) is 0 Å². The quantitative estimate of drug-likeness (QED) is 0.784. The maximum absolute atomic E-state index is 12.6. The number of hydrogen-bond acceptors (Lipinski definition) is 5. The first-order valence-corrected chi connectivity index (χ1v) is 9.20. The highest BCUT2D eigenvalue weighted by atomic mass is 19.4. The van der Waals surface area contributed by atoms with Crippen LogP contribution >= 0.6 is 0 Å². The molecule has 1 unspecified atom stereocenters. The van der Waals surface area contributed by atoms with Crippen LogP contribution in [0.25, 0.3) is 0 Å². The van der Waals surface area contributed by atoms with E-state index in [9.17, 15) is 18.0 Å². The van der Waals surface area contributed by atoms with Crippen molar-refractivity contribution in [2.24, 2.45) is 5.92 Å². The highest BCUT2D eigenvalue weighted by molar-refractivity contribution is 5.76. The Morgan fingerprint density at radius 3 is 2.37 bits per heavy atom. The average molecular weight is 387 g/mol. The summed E-state index contributed by atoms with van der Waals surface area (Å²) in [6.07, 6.45) is -1.75. The van der Waals surface area contributed by atoms with Crippen molar-refractivity contribution in [3.63, 3.8) is 0 Å². The van der Waals surface area contributed by atoms with Gasteiger partial charge in [0.2, 0.25) is 5.91 Å². The predicted octanol–water partition coefficient (Wildman–Crippen LogP) is 3.28. The van der Waals surface area contributed by atoms with Crippen molar-refractivity contribution in [2.45, 2.75) is 64.2 Å². The number of carbonyl (C=O) groups excluding carboxylic acids is 1. The SMILES string of the molecule is Cc1nc(NC2CCC(NC(=O)CC(C)C(F)(F)F)CC2)cc(N(C)C)n1. The van der Waals surface area contributed by atoms with Crippen LogP contribution in [0, 0.1) is 12.8 Å². The third-order valence-electron chi connectivity index (χ3n) is 4.78. The van der Waals surface area contributed by atoms with Gasteiger partial charge in [-0.15, -0.1) is 0 Å². The molecule has 0 aromatic carbocycles. The number of carbonyl (C=O) groups is 1. The van der Waals surface area contributed by atoms with E-state index in [2.05, 4.69) is 20.6 Å². The molecule has 2 rings (SSSR count). The van der Waals surface area contributed by atoms with Crippen LogP contribution in [-0.4, -0.2) is 48.2 Å². The van der Waals surface area contributed by atoms with Gasteiger partial charge in [0.1, 0.15) is 17.5 Å². The Morgan fingerprint density at radius 1 is 1.22 bits per heavy atom. The lowest BCUT2D eigenvalue weighted by Crippen LogP contribution is -2.41. The Hall–Kier alpha value is -2.06. The van der Waals surface area contributed by atoms with Crippen LogP contribution in [0.4, 0.5) is 24.8 Å². The molecule has 0 bridgehead atoms. The van der Waals surface area contributed by atoms with Crippen LogP contribution in [0.15, 0.2) is 6.07 Å². The lowest BCUT2D eigenvalue weighted by atomic mass is 9.91. The zero-order chi connectivity index (χ0) is 20.2. The Labute approximate surface area is 157 Å². The second-order valence-corrected chi connectivity index (χ2v) is 7.46. The van der Waals surface area contributed by atoms with E-state index in [4.69, 9.17) is 0 Å². The summed E-state index contributed by atoms with van der Waals surface area (Å²) >= 11 is 0. The molecule has 1 aromatic rings. The molecule has 0 radical (unpaired) electrons. The molecule has 1 aromatic heterocycles. The smallest absolute Gasteiger partial charge is 0.367 e. The zero-order valence-electron chi connectivity index (χ0n) is 16.2. The minimum Gasteiger partial charge on any atom is -0.367 e. The number of aryl methyl sites for hydroxylation is 1. The fourth-order valence-corrected chi connectivity index (χ4v) is 3.13.